The highest BCUT2D eigenvalue weighted by molar-refractivity contribution is 6.35. The maximum absolute atomic E-state index is 6.63. The van der Waals surface area contributed by atoms with E-state index < -0.39 is 0 Å². The van der Waals surface area contributed by atoms with Crippen molar-refractivity contribution in [3.63, 3.8) is 0 Å². The summed E-state index contributed by atoms with van der Waals surface area (Å²) < 4.78 is 0. The summed E-state index contributed by atoms with van der Waals surface area (Å²) in [5, 5.41) is 1.69. The van der Waals surface area contributed by atoms with E-state index in [4.69, 9.17) is 16.6 Å². The lowest BCUT2D eigenvalue weighted by molar-refractivity contribution is 0.209. The highest BCUT2D eigenvalue weighted by Crippen LogP contribution is 2.31. The van der Waals surface area contributed by atoms with Gasteiger partial charge in [0.2, 0.25) is 0 Å². The Morgan fingerprint density at radius 3 is 2.47 bits per heavy atom. The summed E-state index contributed by atoms with van der Waals surface area (Å²) in [5.41, 5.74) is 7.50. The molecule has 0 atom stereocenters. The van der Waals surface area contributed by atoms with E-state index in [0.717, 1.165) is 71.0 Å². The number of hydrogen-bond donors (Lipinski definition) is 0. The van der Waals surface area contributed by atoms with Crippen molar-refractivity contribution in [3.8, 4) is 11.3 Å². The van der Waals surface area contributed by atoms with Crippen LogP contribution in [0.25, 0.3) is 27.9 Å². The molecule has 2 heterocycles. The summed E-state index contributed by atoms with van der Waals surface area (Å²) in [7, 11) is 0. The topological polar surface area (TPSA) is 19.4 Å². The number of fused-ring (bicyclic) bond motifs is 1. The van der Waals surface area contributed by atoms with Gasteiger partial charge in [-0.25, -0.2) is 4.98 Å². The van der Waals surface area contributed by atoms with Crippen molar-refractivity contribution in [1.82, 2.24) is 14.8 Å². The Morgan fingerprint density at radius 1 is 1.00 bits per heavy atom. The van der Waals surface area contributed by atoms with E-state index in [0.29, 0.717) is 0 Å². The average molecular weight is 446 g/mol. The third-order valence-corrected chi connectivity index (χ3v) is 6.65. The van der Waals surface area contributed by atoms with Crippen LogP contribution in [0.1, 0.15) is 37.3 Å². The van der Waals surface area contributed by atoms with Crippen molar-refractivity contribution in [2.24, 2.45) is 0 Å². The number of aryl methyl sites for hydroxylation is 1. The minimum Gasteiger partial charge on any atom is -0.372 e. The largest absolute Gasteiger partial charge is 0.372 e. The standard InChI is InChI=1S/C28H32ClN3/c1-5-6-9-21(3)31-13-15-32(16-14-31)22(4)23-11-12-25-26(29)19-27(30-28(25)18-23)24-10-7-8-20(2)17-24/h7-8,10-12,17-19H,3-6,9,13-16H2,1-2H3. The predicted molar refractivity (Wildman–Crippen MR) is 138 cm³/mol. The zero-order chi connectivity index (χ0) is 22.7. The van der Waals surface area contributed by atoms with Gasteiger partial charge in [-0.1, -0.05) is 74.0 Å². The molecule has 0 saturated carbocycles. The van der Waals surface area contributed by atoms with Crippen LogP contribution in [0.3, 0.4) is 0 Å². The average Bonchev–Trinajstić information content (AvgIpc) is 2.81. The van der Waals surface area contributed by atoms with Gasteiger partial charge in [-0.15, -0.1) is 0 Å². The van der Waals surface area contributed by atoms with Gasteiger partial charge in [-0.05, 0) is 43.5 Å². The Morgan fingerprint density at radius 2 is 1.75 bits per heavy atom. The number of halogens is 1. The first kappa shape index (κ1) is 22.4. The molecule has 4 rings (SSSR count). The van der Waals surface area contributed by atoms with E-state index in [1.54, 1.807) is 0 Å². The van der Waals surface area contributed by atoms with Gasteiger partial charge in [0.15, 0.2) is 0 Å². The number of unbranched alkanes of at least 4 members (excludes halogenated alkanes) is 1. The van der Waals surface area contributed by atoms with Crippen LogP contribution in [0.4, 0.5) is 0 Å². The molecule has 32 heavy (non-hydrogen) atoms. The first-order chi connectivity index (χ1) is 15.5. The molecule has 0 radical (unpaired) electrons. The fourth-order valence-electron chi connectivity index (χ4n) is 4.33. The zero-order valence-electron chi connectivity index (χ0n) is 19.2. The molecule has 1 aliphatic rings. The number of hydrogen-bond acceptors (Lipinski definition) is 3. The van der Waals surface area contributed by atoms with Gasteiger partial charge in [-0.2, -0.15) is 0 Å². The van der Waals surface area contributed by atoms with Crippen molar-refractivity contribution in [2.45, 2.75) is 33.1 Å². The van der Waals surface area contributed by atoms with Gasteiger partial charge in [0, 0.05) is 48.5 Å². The first-order valence-corrected chi connectivity index (χ1v) is 11.9. The van der Waals surface area contributed by atoms with Crippen LogP contribution in [-0.4, -0.2) is 41.0 Å². The lowest BCUT2D eigenvalue weighted by atomic mass is 10.0. The SMILES string of the molecule is C=C(CCCC)N1CCN(C(=C)c2ccc3c(Cl)cc(-c4cccc(C)c4)nc3c2)CC1. The van der Waals surface area contributed by atoms with Gasteiger partial charge < -0.3 is 9.80 Å². The number of nitrogens with zero attached hydrogens (tertiary/aromatic N) is 3. The molecule has 0 amide bonds. The fraction of sp³-hybridized carbons (Fsp3) is 0.321. The number of piperazine rings is 1. The Hall–Kier alpha value is -2.78. The van der Waals surface area contributed by atoms with Crippen LogP contribution in [0, 0.1) is 6.92 Å². The summed E-state index contributed by atoms with van der Waals surface area (Å²) in [5.74, 6) is 0. The highest BCUT2D eigenvalue weighted by atomic mass is 35.5. The molecule has 4 heteroatoms. The molecule has 0 unspecified atom stereocenters. The highest BCUT2D eigenvalue weighted by Gasteiger charge is 2.20. The van der Waals surface area contributed by atoms with Crippen LogP contribution >= 0.6 is 11.6 Å². The minimum atomic E-state index is 0.725. The second kappa shape index (κ2) is 9.79. The van der Waals surface area contributed by atoms with Crippen molar-refractivity contribution in [1.29, 1.82) is 0 Å². The van der Waals surface area contributed by atoms with Crippen LogP contribution < -0.4 is 0 Å². The molecular weight excluding hydrogens is 414 g/mol. The van der Waals surface area contributed by atoms with Gasteiger partial charge in [0.25, 0.3) is 0 Å². The van der Waals surface area contributed by atoms with Crippen molar-refractivity contribution in [3.05, 3.63) is 83.5 Å². The maximum Gasteiger partial charge on any atom is 0.0731 e. The molecule has 0 aliphatic carbocycles. The molecule has 0 bridgehead atoms. The minimum absolute atomic E-state index is 0.725. The van der Waals surface area contributed by atoms with Crippen LogP contribution in [0.2, 0.25) is 5.02 Å². The van der Waals surface area contributed by atoms with Crippen molar-refractivity contribution >= 4 is 28.2 Å². The molecule has 0 N–H and O–H groups in total. The molecule has 0 spiro atoms. The quantitative estimate of drug-likeness (QED) is 0.384. The molecular formula is C28H32ClN3. The number of allylic oxidation sites excluding steroid dienone is 1. The van der Waals surface area contributed by atoms with Gasteiger partial charge in [-0.3, -0.25) is 0 Å². The number of rotatable bonds is 7. The normalized spacial score (nSPS) is 14.1. The second-order valence-corrected chi connectivity index (χ2v) is 9.09. The summed E-state index contributed by atoms with van der Waals surface area (Å²) in [4.78, 5) is 9.73. The smallest absolute Gasteiger partial charge is 0.0731 e. The molecule has 2 aromatic carbocycles. The van der Waals surface area contributed by atoms with Crippen LogP contribution in [-0.2, 0) is 0 Å². The monoisotopic (exact) mass is 445 g/mol. The third-order valence-electron chi connectivity index (χ3n) is 6.33. The van der Waals surface area contributed by atoms with Crippen LogP contribution in [0.5, 0.6) is 0 Å². The molecule has 1 aromatic heterocycles. The van der Waals surface area contributed by atoms with E-state index in [1.165, 1.54) is 24.1 Å². The van der Waals surface area contributed by atoms with Gasteiger partial charge in [0.1, 0.15) is 0 Å². The lowest BCUT2D eigenvalue weighted by Gasteiger charge is -2.39. The summed E-state index contributed by atoms with van der Waals surface area (Å²) in [6, 6.07) is 16.6. The summed E-state index contributed by atoms with van der Waals surface area (Å²) >= 11 is 6.63. The number of aromatic nitrogens is 1. The predicted octanol–water partition coefficient (Wildman–Crippen LogP) is 7.16. The van der Waals surface area contributed by atoms with Crippen LogP contribution in [0.15, 0.2) is 67.4 Å². The molecule has 3 aromatic rings. The van der Waals surface area contributed by atoms with E-state index in [2.05, 4.69) is 79.3 Å². The first-order valence-electron chi connectivity index (χ1n) is 11.5. The fourth-order valence-corrected chi connectivity index (χ4v) is 4.59. The lowest BCUT2D eigenvalue weighted by Crippen LogP contribution is -2.44. The van der Waals surface area contributed by atoms with Crippen molar-refractivity contribution < 1.29 is 0 Å². The summed E-state index contributed by atoms with van der Waals surface area (Å²) in [6.07, 6.45) is 3.52. The molecule has 166 valence electrons. The van der Waals surface area contributed by atoms with Gasteiger partial charge >= 0.3 is 0 Å². The molecule has 1 aliphatic heterocycles. The molecule has 1 saturated heterocycles. The second-order valence-electron chi connectivity index (χ2n) is 8.68. The van der Waals surface area contributed by atoms with E-state index in [1.807, 2.05) is 6.07 Å². The van der Waals surface area contributed by atoms with E-state index >= 15 is 0 Å². The Kier molecular flexibility index (Phi) is 6.86. The Balaban J connectivity index is 1.53. The Bertz CT molecular complexity index is 1140. The third kappa shape index (κ3) is 4.83. The maximum atomic E-state index is 6.63. The van der Waals surface area contributed by atoms with E-state index in [9.17, 15) is 0 Å². The molecule has 3 nitrogen and oxygen atoms in total. The van der Waals surface area contributed by atoms with Crippen molar-refractivity contribution in [2.75, 3.05) is 26.2 Å². The van der Waals surface area contributed by atoms with E-state index in [-0.39, 0.29) is 0 Å². The van der Waals surface area contributed by atoms with Gasteiger partial charge in [0.05, 0.1) is 16.2 Å². The zero-order valence-corrected chi connectivity index (χ0v) is 20.0. The molecule has 1 fully saturated rings. The Labute approximate surface area is 197 Å². The number of pyridine rings is 1. The number of benzene rings is 2. The summed E-state index contributed by atoms with van der Waals surface area (Å²) in [6.45, 7) is 16.9.